The van der Waals surface area contributed by atoms with Gasteiger partial charge in [-0.2, -0.15) is 11.8 Å². The third-order valence-electron chi connectivity index (χ3n) is 4.89. The molecule has 3 rings (SSSR count). The molecule has 0 spiro atoms. The number of halogens is 1. The average molecular weight is 355 g/mol. The monoisotopic (exact) mass is 354 g/mol. The number of carbonyl (C=O) groups is 1. The summed E-state index contributed by atoms with van der Waals surface area (Å²) >= 11 is 1.94. The fraction of sp³-hybridized carbons (Fsp3) is 0.611. The van der Waals surface area contributed by atoms with Gasteiger partial charge in [0.1, 0.15) is 0 Å². The third-order valence-corrected chi connectivity index (χ3v) is 6.02. The van der Waals surface area contributed by atoms with Gasteiger partial charge >= 0.3 is 0 Å². The van der Waals surface area contributed by atoms with Gasteiger partial charge in [0, 0.05) is 30.5 Å². The smallest absolute Gasteiger partial charge is 0.222 e. The topological polar surface area (TPSA) is 41.1 Å². The number of nitrogens with one attached hydrogen (secondary N) is 2. The normalized spacial score (nSPS) is 25.8. The van der Waals surface area contributed by atoms with E-state index < -0.39 is 0 Å². The summed E-state index contributed by atoms with van der Waals surface area (Å²) in [5.41, 5.74) is 2.90. The summed E-state index contributed by atoms with van der Waals surface area (Å²) in [5.74, 6) is 2.38. The quantitative estimate of drug-likeness (QED) is 0.873. The molecule has 1 aromatic rings. The van der Waals surface area contributed by atoms with Gasteiger partial charge in [0.2, 0.25) is 5.91 Å². The summed E-state index contributed by atoms with van der Waals surface area (Å²) in [7, 11) is 0. The van der Waals surface area contributed by atoms with Crippen LogP contribution in [0.25, 0.3) is 0 Å². The fourth-order valence-corrected chi connectivity index (χ4v) is 4.54. The number of thioether (sulfide) groups is 1. The molecule has 0 radical (unpaired) electrons. The van der Waals surface area contributed by atoms with Gasteiger partial charge in [0.05, 0.1) is 6.04 Å². The molecule has 3 nitrogen and oxygen atoms in total. The first-order chi connectivity index (χ1) is 10.6. The van der Waals surface area contributed by atoms with Crippen molar-refractivity contribution in [2.24, 2.45) is 0 Å². The summed E-state index contributed by atoms with van der Waals surface area (Å²) in [6.45, 7) is 5.61. The van der Waals surface area contributed by atoms with Crippen LogP contribution in [0.15, 0.2) is 24.3 Å². The van der Waals surface area contributed by atoms with Gasteiger partial charge in [-0.25, -0.2) is 0 Å². The standard InChI is InChI=1S/C18H26N2OS.ClH/c1-18(2)8-7-16(14-5-3-4-6-15(14)18)20-17(21)11-13-12-22-10-9-19-13;/h3-6,13,16,19H,7-12H2,1-2H3,(H,20,21);1H. The maximum Gasteiger partial charge on any atom is 0.222 e. The molecule has 1 aromatic carbocycles. The number of benzene rings is 1. The van der Waals surface area contributed by atoms with Crippen LogP contribution >= 0.6 is 24.2 Å². The minimum atomic E-state index is 0. The van der Waals surface area contributed by atoms with Crippen LogP contribution in [0.2, 0.25) is 0 Å². The molecule has 2 N–H and O–H groups in total. The Balaban J connectivity index is 0.00000192. The first kappa shape index (κ1) is 18.6. The molecule has 0 aromatic heterocycles. The highest BCUT2D eigenvalue weighted by molar-refractivity contribution is 7.99. The van der Waals surface area contributed by atoms with Gasteiger partial charge in [-0.1, -0.05) is 38.1 Å². The second-order valence-corrected chi connectivity index (χ2v) is 8.21. The number of hydrogen-bond donors (Lipinski definition) is 2. The maximum atomic E-state index is 12.4. The van der Waals surface area contributed by atoms with Crippen molar-refractivity contribution in [3.8, 4) is 0 Å². The molecule has 1 amide bonds. The molecule has 1 fully saturated rings. The number of amides is 1. The Kier molecular flexibility index (Phi) is 6.40. The lowest BCUT2D eigenvalue weighted by atomic mass is 9.71. The largest absolute Gasteiger partial charge is 0.349 e. The fourth-order valence-electron chi connectivity index (χ4n) is 3.59. The van der Waals surface area contributed by atoms with Crippen molar-refractivity contribution >= 4 is 30.1 Å². The van der Waals surface area contributed by atoms with Gasteiger partial charge in [0.25, 0.3) is 0 Å². The Bertz CT molecular complexity index is 544. The molecule has 1 heterocycles. The van der Waals surface area contributed by atoms with Gasteiger partial charge in [-0.3, -0.25) is 4.79 Å². The van der Waals surface area contributed by atoms with E-state index >= 15 is 0 Å². The highest BCUT2D eigenvalue weighted by Crippen LogP contribution is 2.41. The summed E-state index contributed by atoms with van der Waals surface area (Å²) in [4.78, 5) is 12.4. The van der Waals surface area contributed by atoms with E-state index in [9.17, 15) is 4.79 Å². The average Bonchev–Trinajstić information content (AvgIpc) is 2.51. The maximum absolute atomic E-state index is 12.4. The SMILES string of the molecule is CC1(C)CCC(NC(=O)CC2CSCCN2)c2ccccc21.Cl. The lowest BCUT2D eigenvalue weighted by molar-refractivity contribution is -0.122. The zero-order valence-electron chi connectivity index (χ0n) is 13.9. The van der Waals surface area contributed by atoms with E-state index in [0.717, 1.165) is 30.9 Å². The van der Waals surface area contributed by atoms with Crippen molar-refractivity contribution in [2.45, 2.75) is 50.6 Å². The summed E-state index contributed by atoms with van der Waals surface area (Å²) < 4.78 is 0. The molecule has 23 heavy (non-hydrogen) atoms. The Morgan fingerprint density at radius 3 is 2.91 bits per heavy atom. The Morgan fingerprint density at radius 1 is 1.39 bits per heavy atom. The van der Waals surface area contributed by atoms with Crippen LogP contribution in [-0.2, 0) is 10.2 Å². The van der Waals surface area contributed by atoms with E-state index in [2.05, 4.69) is 48.7 Å². The Morgan fingerprint density at radius 2 is 2.17 bits per heavy atom. The van der Waals surface area contributed by atoms with E-state index in [-0.39, 0.29) is 29.8 Å². The molecule has 128 valence electrons. The lowest BCUT2D eigenvalue weighted by Crippen LogP contribution is -2.43. The molecular formula is C18H27ClN2OS. The minimum absolute atomic E-state index is 0. The number of rotatable bonds is 3. The van der Waals surface area contributed by atoms with Crippen molar-refractivity contribution in [2.75, 3.05) is 18.1 Å². The van der Waals surface area contributed by atoms with Gasteiger partial charge in [0.15, 0.2) is 0 Å². The number of hydrogen-bond acceptors (Lipinski definition) is 3. The highest BCUT2D eigenvalue weighted by Gasteiger charge is 2.33. The van der Waals surface area contributed by atoms with Gasteiger partial charge < -0.3 is 10.6 Å². The number of carbonyl (C=O) groups excluding carboxylic acids is 1. The van der Waals surface area contributed by atoms with Crippen LogP contribution in [0, 0.1) is 0 Å². The van der Waals surface area contributed by atoms with E-state index in [4.69, 9.17) is 0 Å². The van der Waals surface area contributed by atoms with Crippen LogP contribution in [-0.4, -0.2) is 30.0 Å². The molecule has 2 unspecified atom stereocenters. The predicted molar refractivity (Wildman–Crippen MR) is 101 cm³/mol. The highest BCUT2D eigenvalue weighted by atomic mass is 35.5. The second-order valence-electron chi connectivity index (χ2n) is 7.06. The van der Waals surface area contributed by atoms with E-state index in [1.807, 2.05) is 11.8 Å². The van der Waals surface area contributed by atoms with Gasteiger partial charge in [-0.05, 0) is 29.4 Å². The predicted octanol–water partition coefficient (Wildman–Crippen LogP) is 3.43. The molecule has 1 aliphatic heterocycles. The van der Waals surface area contributed by atoms with Crippen LogP contribution in [0.3, 0.4) is 0 Å². The second kappa shape index (κ2) is 7.91. The van der Waals surface area contributed by atoms with Crippen molar-refractivity contribution < 1.29 is 4.79 Å². The van der Waals surface area contributed by atoms with Crippen molar-refractivity contribution in [1.82, 2.24) is 10.6 Å². The molecular weight excluding hydrogens is 328 g/mol. The summed E-state index contributed by atoms with van der Waals surface area (Å²) in [5, 5.41) is 6.71. The zero-order chi connectivity index (χ0) is 15.6. The zero-order valence-corrected chi connectivity index (χ0v) is 15.6. The number of fused-ring (bicyclic) bond motifs is 1. The van der Waals surface area contributed by atoms with Gasteiger partial charge in [-0.15, -0.1) is 12.4 Å². The van der Waals surface area contributed by atoms with Crippen LogP contribution < -0.4 is 10.6 Å². The Labute approximate surface area is 149 Å². The molecule has 1 aliphatic carbocycles. The molecule has 0 bridgehead atoms. The van der Waals surface area contributed by atoms with Crippen molar-refractivity contribution in [1.29, 1.82) is 0 Å². The Hall–Kier alpha value is -0.710. The molecule has 2 aliphatic rings. The van der Waals surface area contributed by atoms with Crippen molar-refractivity contribution in [3.63, 3.8) is 0 Å². The van der Waals surface area contributed by atoms with Crippen LogP contribution in [0.5, 0.6) is 0 Å². The molecule has 5 heteroatoms. The molecule has 2 atom stereocenters. The first-order valence-corrected chi connectivity index (χ1v) is 9.41. The van der Waals surface area contributed by atoms with Crippen molar-refractivity contribution in [3.05, 3.63) is 35.4 Å². The lowest BCUT2D eigenvalue weighted by Gasteiger charge is -2.37. The minimum Gasteiger partial charge on any atom is -0.349 e. The molecule has 1 saturated heterocycles. The summed E-state index contributed by atoms with van der Waals surface area (Å²) in [6, 6.07) is 9.08. The van der Waals surface area contributed by atoms with Crippen LogP contribution in [0.1, 0.15) is 50.3 Å². The van der Waals surface area contributed by atoms with E-state index in [1.165, 1.54) is 11.1 Å². The summed E-state index contributed by atoms with van der Waals surface area (Å²) in [6.07, 6.45) is 2.74. The first-order valence-electron chi connectivity index (χ1n) is 8.26. The van der Waals surface area contributed by atoms with Crippen LogP contribution in [0.4, 0.5) is 0 Å². The third kappa shape index (κ3) is 4.43. The molecule has 0 saturated carbocycles. The van der Waals surface area contributed by atoms with E-state index in [0.29, 0.717) is 12.5 Å². The van der Waals surface area contributed by atoms with E-state index in [1.54, 1.807) is 0 Å².